The second-order valence-corrected chi connectivity index (χ2v) is 3.55. The van der Waals surface area contributed by atoms with Crippen molar-refractivity contribution in [2.45, 2.75) is 26.7 Å². The van der Waals surface area contributed by atoms with Crippen LogP contribution in [-0.4, -0.2) is 0 Å². The third-order valence-corrected chi connectivity index (χ3v) is 2.27. The predicted molar refractivity (Wildman–Crippen MR) is 39.8 cm³/mol. The maximum absolute atomic E-state index is 5.21. The van der Waals surface area contributed by atoms with Gasteiger partial charge in [0.1, 0.15) is 0 Å². The highest BCUT2D eigenvalue weighted by Gasteiger charge is 2.44. The maximum atomic E-state index is 5.21. The van der Waals surface area contributed by atoms with Crippen molar-refractivity contribution in [2.24, 2.45) is 17.1 Å². The molecule has 0 aromatic rings. The van der Waals surface area contributed by atoms with E-state index in [0.29, 0.717) is 5.41 Å². The molecule has 0 spiro atoms. The van der Waals surface area contributed by atoms with Crippen LogP contribution in [0.3, 0.4) is 0 Å². The van der Waals surface area contributed by atoms with E-state index in [0.717, 1.165) is 5.92 Å². The van der Waals surface area contributed by atoms with Gasteiger partial charge >= 0.3 is 0 Å². The maximum Gasteiger partial charge on any atom is -0.0103 e. The molecule has 9 heavy (non-hydrogen) atoms. The number of hydrogen-bond donors (Lipinski definition) is 1. The first kappa shape index (κ1) is 6.66. The third-order valence-electron chi connectivity index (χ3n) is 2.27. The van der Waals surface area contributed by atoms with Gasteiger partial charge in [0.25, 0.3) is 0 Å². The van der Waals surface area contributed by atoms with E-state index in [2.05, 4.69) is 19.9 Å². The Bertz CT molecular complexity index is 125. The molecule has 1 rings (SSSR count). The molecule has 0 radical (unpaired) electrons. The van der Waals surface area contributed by atoms with Gasteiger partial charge in [0.05, 0.1) is 0 Å². The van der Waals surface area contributed by atoms with Crippen LogP contribution >= 0.6 is 0 Å². The molecule has 0 aliphatic heterocycles. The van der Waals surface area contributed by atoms with Gasteiger partial charge in [-0.15, -0.1) is 0 Å². The first-order chi connectivity index (χ1) is 4.17. The van der Waals surface area contributed by atoms with Gasteiger partial charge in [-0.05, 0) is 30.4 Å². The van der Waals surface area contributed by atoms with Crippen LogP contribution < -0.4 is 5.73 Å². The Morgan fingerprint density at radius 3 is 2.56 bits per heavy atom. The zero-order valence-electron chi connectivity index (χ0n) is 6.22. The third kappa shape index (κ3) is 1.47. The van der Waals surface area contributed by atoms with Crippen LogP contribution in [0.25, 0.3) is 0 Å². The van der Waals surface area contributed by atoms with Crippen molar-refractivity contribution in [3.8, 4) is 0 Å². The lowest BCUT2D eigenvalue weighted by molar-refractivity contribution is 0.563. The van der Waals surface area contributed by atoms with Gasteiger partial charge in [0, 0.05) is 0 Å². The van der Waals surface area contributed by atoms with E-state index in [1.807, 2.05) is 0 Å². The van der Waals surface area contributed by atoms with Crippen molar-refractivity contribution < 1.29 is 0 Å². The van der Waals surface area contributed by atoms with Crippen LogP contribution in [0.5, 0.6) is 0 Å². The Balaban J connectivity index is 2.20. The molecule has 0 amide bonds. The molecule has 0 bridgehead atoms. The lowest BCUT2D eigenvalue weighted by Gasteiger charge is -1.97. The zero-order chi connectivity index (χ0) is 6.91. The molecule has 1 heteroatoms. The smallest absolute Gasteiger partial charge is 0.0103 e. The molecule has 1 saturated carbocycles. The van der Waals surface area contributed by atoms with Gasteiger partial charge in [0.15, 0.2) is 0 Å². The Kier molecular flexibility index (Phi) is 1.52. The fourth-order valence-electron chi connectivity index (χ4n) is 1.22. The van der Waals surface area contributed by atoms with Gasteiger partial charge in [-0.1, -0.05) is 19.9 Å². The molecule has 2 N–H and O–H groups in total. The zero-order valence-corrected chi connectivity index (χ0v) is 6.22. The minimum atomic E-state index is 0.611. The fraction of sp³-hybridized carbons (Fsp3) is 0.750. The quantitative estimate of drug-likeness (QED) is 0.599. The van der Waals surface area contributed by atoms with E-state index >= 15 is 0 Å². The number of hydrogen-bond acceptors (Lipinski definition) is 1. The highest BCUT2D eigenvalue weighted by atomic mass is 14.5. The molecule has 1 fully saturated rings. The Labute approximate surface area is 56.9 Å². The molecule has 1 unspecified atom stereocenters. The summed E-state index contributed by atoms with van der Waals surface area (Å²) in [4.78, 5) is 0. The Morgan fingerprint density at radius 1 is 1.67 bits per heavy atom. The fourth-order valence-corrected chi connectivity index (χ4v) is 1.22. The Morgan fingerprint density at radius 2 is 2.22 bits per heavy atom. The summed E-state index contributed by atoms with van der Waals surface area (Å²) in [6, 6.07) is 0. The summed E-state index contributed by atoms with van der Waals surface area (Å²) in [6.45, 7) is 4.62. The van der Waals surface area contributed by atoms with Crippen molar-refractivity contribution in [2.75, 3.05) is 0 Å². The van der Waals surface area contributed by atoms with E-state index in [4.69, 9.17) is 5.73 Å². The summed E-state index contributed by atoms with van der Waals surface area (Å²) in [5.41, 5.74) is 5.82. The monoisotopic (exact) mass is 125 g/mol. The van der Waals surface area contributed by atoms with E-state index in [1.165, 1.54) is 12.8 Å². The van der Waals surface area contributed by atoms with E-state index in [9.17, 15) is 0 Å². The average molecular weight is 125 g/mol. The van der Waals surface area contributed by atoms with Crippen LogP contribution in [0.1, 0.15) is 26.7 Å². The summed E-state index contributed by atoms with van der Waals surface area (Å²) in [5.74, 6) is 0.900. The first-order valence-electron chi connectivity index (χ1n) is 3.53. The highest BCUT2D eigenvalue weighted by molar-refractivity contribution is 4.98. The van der Waals surface area contributed by atoms with Gasteiger partial charge in [0.2, 0.25) is 0 Å². The predicted octanol–water partition coefficient (Wildman–Crippen LogP) is 1.90. The lowest BCUT2D eigenvalue weighted by atomic mass is 10.1. The highest BCUT2D eigenvalue weighted by Crippen LogP contribution is 2.53. The number of allylic oxidation sites excluding steroid dienone is 1. The second-order valence-electron chi connectivity index (χ2n) is 3.55. The molecule has 1 nitrogen and oxygen atoms in total. The summed E-state index contributed by atoms with van der Waals surface area (Å²) >= 11 is 0. The summed E-state index contributed by atoms with van der Waals surface area (Å²) in [6.07, 6.45) is 6.24. The standard InChI is InChI=1S/C8H15N/c1-8(2)6-7(8)4-3-5-9/h3,5,7H,4,6,9H2,1-2H3/b5-3-. The van der Waals surface area contributed by atoms with Crippen molar-refractivity contribution >= 4 is 0 Å². The van der Waals surface area contributed by atoms with Crippen LogP contribution in [0.2, 0.25) is 0 Å². The van der Waals surface area contributed by atoms with E-state index < -0.39 is 0 Å². The van der Waals surface area contributed by atoms with Gasteiger partial charge in [-0.3, -0.25) is 0 Å². The molecule has 1 aliphatic carbocycles. The van der Waals surface area contributed by atoms with Crippen LogP contribution in [-0.2, 0) is 0 Å². The molecule has 0 aromatic carbocycles. The van der Waals surface area contributed by atoms with Crippen LogP contribution in [0.15, 0.2) is 12.3 Å². The molecule has 0 heterocycles. The summed E-state index contributed by atoms with van der Waals surface area (Å²) < 4.78 is 0. The summed E-state index contributed by atoms with van der Waals surface area (Å²) in [7, 11) is 0. The number of rotatable bonds is 2. The van der Waals surface area contributed by atoms with Crippen LogP contribution in [0.4, 0.5) is 0 Å². The molecule has 1 atom stereocenters. The minimum Gasteiger partial charge on any atom is -0.405 e. The van der Waals surface area contributed by atoms with Crippen molar-refractivity contribution in [1.29, 1.82) is 0 Å². The molecule has 0 saturated heterocycles. The molecular formula is C8H15N. The van der Waals surface area contributed by atoms with Crippen LogP contribution in [0, 0.1) is 11.3 Å². The van der Waals surface area contributed by atoms with Crippen molar-refractivity contribution in [1.82, 2.24) is 0 Å². The molecular weight excluding hydrogens is 110 g/mol. The normalized spacial score (nSPS) is 31.1. The topological polar surface area (TPSA) is 26.0 Å². The lowest BCUT2D eigenvalue weighted by Crippen LogP contribution is -1.88. The largest absolute Gasteiger partial charge is 0.405 e. The summed E-state index contributed by atoms with van der Waals surface area (Å²) in [5, 5.41) is 0. The molecule has 1 aliphatic rings. The van der Waals surface area contributed by atoms with E-state index in [-0.39, 0.29) is 0 Å². The number of nitrogens with two attached hydrogens (primary N) is 1. The Hall–Kier alpha value is -0.460. The first-order valence-corrected chi connectivity index (χ1v) is 3.53. The average Bonchev–Trinajstić information content (AvgIpc) is 2.35. The van der Waals surface area contributed by atoms with Crippen molar-refractivity contribution in [3.63, 3.8) is 0 Å². The SMILES string of the molecule is CC1(C)CC1C/C=C\N. The second kappa shape index (κ2) is 2.05. The van der Waals surface area contributed by atoms with E-state index in [1.54, 1.807) is 6.20 Å². The van der Waals surface area contributed by atoms with Crippen molar-refractivity contribution in [3.05, 3.63) is 12.3 Å². The minimum absolute atomic E-state index is 0.611. The van der Waals surface area contributed by atoms with Gasteiger partial charge < -0.3 is 5.73 Å². The molecule has 0 aromatic heterocycles. The van der Waals surface area contributed by atoms with Gasteiger partial charge in [-0.2, -0.15) is 0 Å². The van der Waals surface area contributed by atoms with Gasteiger partial charge in [-0.25, -0.2) is 0 Å². The molecule has 52 valence electrons.